The standard InChI is InChI=1S/C16H22Br2N2/c17-14-6-5-13(11-15(14)18)16(12-3-1-2-4-12)20-9-7-19-8-10-20/h5-6,11-12,16,19H,1-4,7-10H2/t16-/m0/s1. The Balaban J connectivity index is 1.88. The van der Waals surface area contributed by atoms with Gasteiger partial charge in [-0.25, -0.2) is 0 Å². The molecule has 4 heteroatoms. The molecule has 0 aromatic heterocycles. The maximum atomic E-state index is 3.67. The molecule has 20 heavy (non-hydrogen) atoms. The highest BCUT2D eigenvalue weighted by Crippen LogP contribution is 2.41. The van der Waals surface area contributed by atoms with Crippen LogP contribution in [0.25, 0.3) is 0 Å². The summed E-state index contributed by atoms with van der Waals surface area (Å²) in [4.78, 5) is 2.70. The van der Waals surface area contributed by atoms with E-state index in [4.69, 9.17) is 0 Å². The van der Waals surface area contributed by atoms with Crippen LogP contribution >= 0.6 is 31.9 Å². The van der Waals surface area contributed by atoms with Gasteiger partial charge >= 0.3 is 0 Å². The first-order chi connectivity index (χ1) is 9.75. The first kappa shape index (κ1) is 15.0. The Labute approximate surface area is 138 Å². The van der Waals surface area contributed by atoms with Crippen molar-refractivity contribution in [2.45, 2.75) is 31.7 Å². The number of halogens is 2. The fraction of sp³-hybridized carbons (Fsp3) is 0.625. The smallest absolute Gasteiger partial charge is 0.0377 e. The van der Waals surface area contributed by atoms with Crippen molar-refractivity contribution in [3.63, 3.8) is 0 Å². The van der Waals surface area contributed by atoms with Crippen molar-refractivity contribution in [2.24, 2.45) is 5.92 Å². The molecule has 0 spiro atoms. The summed E-state index contributed by atoms with van der Waals surface area (Å²) in [5, 5.41) is 3.47. The van der Waals surface area contributed by atoms with Gasteiger partial charge in [0.2, 0.25) is 0 Å². The first-order valence-electron chi connectivity index (χ1n) is 7.65. The minimum Gasteiger partial charge on any atom is -0.314 e. The maximum Gasteiger partial charge on any atom is 0.0377 e. The molecule has 0 unspecified atom stereocenters. The Morgan fingerprint density at radius 3 is 2.40 bits per heavy atom. The van der Waals surface area contributed by atoms with Crippen molar-refractivity contribution < 1.29 is 0 Å². The molecule has 1 aromatic rings. The van der Waals surface area contributed by atoms with Crippen molar-refractivity contribution in [1.29, 1.82) is 0 Å². The Morgan fingerprint density at radius 1 is 1.05 bits per heavy atom. The quantitative estimate of drug-likeness (QED) is 0.809. The van der Waals surface area contributed by atoms with Gasteiger partial charge in [-0.15, -0.1) is 0 Å². The van der Waals surface area contributed by atoms with Crippen LogP contribution in [0.3, 0.4) is 0 Å². The normalized spacial score (nSPS) is 23.1. The van der Waals surface area contributed by atoms with Gasteiger partial charge in [0, 0.05) is 41.2 Å². The van der Waals surface area contributed by atoms with E-state index in [0.717, 1.165) is 23.5 Å². The topological polar surface area (TPSA) is 15.3 Å². The molecule has 0 radical (unpaired) electrons. The fourth-order valence-electron chi connectivity index (χ4n) is 3.71. The molecule has 1 saturated heterocycles. The van der Waals surface area contributed by atoms with Crippen LogP contribution in [0.1, 0.15) is 37.3 Å². The largest absolute Gasteiger partial charge is 0.314 e. The maximum absolute atomic E-state index is 3.67. The summed E-state index contributed by atoms with van der Waals surface area (Å²) < 4.78 is 2.32. The number of hydrogen-bond acceptors (Lipinski definition) is 2. The van der Waals surface area contributed by atoms with E-state index in [1.165, 1.54) is 48.8 Å². The van der Waals surface area contributed by atoms with E-state index < -0.39 is 0 Å². The molecule has 1 N–H and O–H groups in total. The van der Waals surface area contributed by atoms with Crippen LogP contribution in [0.2, 0.25) is 0 Å². The summed E-state index contributed by atoms with van der Waals surface area (Å²) >= 11 is 7.26. The molecule has 3 rings (SSSR count). The van der Waals surface area contributed by atoms with Crippen molar-refractivity contribution >= 4 is 31.9 Å². The van der Waals surface area contributed by atoms with E-state index in [9.17, 15) is 0 Å². The number of nitrogens with one attached hydrogen (secondary N) is 1. The lowest BCUT2D eigenvalue weighted by Gasteiger charge is -2.38. The fourth-order valence-corrected chi connectivity index (χ4v) is 4.35. The number of rotatable bonds is 3. The summed E-state index contributed by atoms with van der Waals surface area (Å²) in [5.74, 6) is 0.834. The minimum absolute atomic E-state index is 0.601. The molecular formula is C16H22Br2N2. The van der Waals surface area contributed by atoms with Crippen LogP contribution in [-0.4, -0.2) is 31.1 Å². The van der Waals surface area contributed by atoms with E-state index in [2.05, 4.69) is 60.3 Å². The van der Waals surface area contributed by atoms with Gasteiger partial charge in [0.1, 0.15) is 0 Å². The molecule has 0 amide bonds. The number of hydrogen-bond donors (Lipinski definition) is 1. The summed E-state index contributed by atoms with van der Waals surface area (Å²) in [6.07, 6.45) is 5.60. The van der Waals surface area contributed by atoms with Gasteiger partial charge in [-0.1, -0.05) is 18.9 Å². The van der Waals surface area contributed by atoms with Crippen molar-refractivity contribution in [2.75, 3.05) is 26.2 Å². The molecule has 1 saturated carbocycles. The van der Waals surface area contributed by atoms with Crippen molar-refractivity contribution in [1.82, 2.24) is 10.2 Å². The highest BCUT2D eigenvalue weighted by atomic mass is 79.9. The van der Waals surface area contributed by atoms with Crippen LogP contribution < -0.4 is 5.32 Å². The molecule has 2 nitrogen and oxygen atoms in total. The zero-order valence-corrected chi connectivity index (χ0v) is 14.9. The molecule has 2 aliphatic rings. The third-order valence-corrected chi connectivity index (χ3v) is 6.56. The van der Waals surface area contributed by atoms with E-state index in [1.54, 1.807) is 0 Å². The Hall–Kier alpha value is 0.1000. The monoisotopic (exact) mass is 400 g/mol. The Morgan fingerprint density at radius 2 is 1.75 bits per heavy atom. The van der Waals surface area contributed by atoms with Crippen molar-refractivity contribution in [3.05, 3.63) is 32.7 Å². The van der Waals surface area contributed by atoms with Gasteiger partial charge in [0.25, 0.3) is 0 Å². The lowest BCUT2D eigenvalue weighted by Crippen LogP contribution is -2.46. The number of piperazine rings is 1. The van der Waals surface area contributed by atoms with Gasteiger partial charge in [0.15, 0.2) is 0 Å². The van der Waals surface area contributed by atoms with Gasteiger partial charge in [-0.2, -0.15) is 0 Å². The molecule has 0 bridgehead atoms. The number of nitrogens with zero attached hydrogens (tertiary/aromatic N) is 1. The summed E-state index contributed by atoms with van der Waals surface area (Å²) in [6.45, 7) is 4.60. The molecular weight excluding hydrogens is 380 g/mol. The van der Waals surface area contributed by atoms with Crippen LogP contribution in [0.4, 0.5) is 0 Å². The van der Waals surface area contributed by atoms with Crippen LogP contribution in [0.15, 0.2) is 27.1 Å². The molecule has 1 aliphatic carbocycles. The Kier molecular flexibility index (Phi) is 5.18. The highest BCUT2D eigenvalue weighted by molar-refractivity contribution is 9.13. The number of benzene rings is 1. The average molecular weight is 402 g/mol. The molecule has 1 heterocycles. The lowest BCUT2D eigenvalue weighted by molar-refractivity contribution is 0.125. The molecule has 110 valence electrons. The SMILES string of the molecule is Brc1ccc([C@H](C2CCCC2)N2CCNCC2)cc1Br. The predicted molar refractivity (Wildman–Crippen MR) is 91.0 cm³/mol. The zero-order valence-electron chi connectivity index (χ0n) is 11.7. The van der Waals surface area contributed by atoms with Gasteiger partial charge < -0.3 is 5.32 Å². The molecule has 2 fully saturated rings. The van der Waals surface area contributed by atoms with Crippen LogP contribution in [-0.2, 0) is 0 Å². The van der Waals surface area contributed by atoms with Crippen molar-refractivity contribution in [3.8, 4) is 0 Å². The summed E-state index contributed by atoms with van der Waals surface area (Å²) in [5.41, 5.74) is 1.48. The second kappa shape index (κ2) is 6.91. The van der Waals surface area contributed by atoms with E-state index in [0.29, 0.717) is 6.04 Å². The second-order valence-corrected chi connectivity index (χ2v) is 7.66. The van der Waals surface area contributed by atoms with Gasteiger partial charge in [-0.3, -0.25) is 4.90 Å². The molecule has 1 aromatic carbocycles. The molecule has 1 aliphatic heterocycles. The van der Waals surface area contributed by atoms with Gasteiger partial charge in [0.05, 0.1) is 0 Å². The van der Waals surface area contributed by atoms with E-state index in [-0.39, 0.29) is 0 Å². The Bertz CT molecular complexity index is 452. The summed E-state index contributed by atoms with van der Waals surface area (Å²) in [6, 6.07) is 7.41. The molecule has 1 atom stereocenters. The second-order valence-electron chi connectivity index (χ2n) is 5.95. The first-order valence-corrected chi connectivity index (χ1v) is 9.24. The predicted octanol–water partition coefficient (Wildman–Crippen LogP) is 4.35. The zero-order chi connectivity index (χ0) is 13.9. The highest BCUT2D eigenvalue weighted by Gasteiger charge is 2.31. The third-order valence-electron chi connectivity index (χ3n) is 4.68. The van der Waals surface area contributed by atoms with Gasteiger partial charge in [-0.05, 0) is 68.3 Å². The van der Waals surface area contributed by atoms with Crippen LogP contribution in [0, 0.1) is 5.92 Å². The van der Waals surface area contributed by atoms with E-state index in [1.807, 2.05) is 0 Å². The average Bonchev–Trinajstić information content (AvgIpc) is 2.98. The third kappa shape index (κ3) is 3.29. The van der Waals surface area contributed by atoms with E-state index >= 15 is 0 Å². The van der Waals surface area contributed by atoms with Crippen LogP contribution in [0.5, 0.6) is 0 Å². The minimum atomic E-state index is 0.601. The summed E-state index contributed by atoms with van der Waals surface area (Å²) in [7, 11) is 0. The lowest BCUT2D eigenvalue weighted by atomic mass is 9.90.